The van der Waals surface area contributed by atoms with Gasteiger partial charge in [-0.3, -0.25) is 9.79 Å². The molecule has 0 unspecified atom stereocenters. The molecule has 0 saturated carbocycles. The number of ketones is 1. The van der Waals surface area contributed by atoms with Gasteiger partial charge in [0.25, 0.3) is 0 Å². The Morgan fingerprint density at radius 3 is 2.96 bits per heavy atom. The molecule has 4 rings (SSSR count). The van der Waals surface area contributed by atoms with Crippen LogP contribution in [0.1, 0.15) is 20.9 Å². The quantitative estimate of drug-likeness (QED) is 0.336. The van der Waals surface area contributed by atoms with Crippen LogP contribution in [-0.4, -0.2) is 30.6 Å². The molecule has 2 aromatic heterocycles. The number of aryl methyl sites for hydroxylation is 1. The van der Waals surface area contributed by atoms with Crippen molar-refractivity contribution in [1.82, 2.24) is 4.98 Å². The number of Topliss-reactive ketones (excluding diaryl/α,β-unsaturated/α-hetero) is 1. The van der Waals surface area contributed by atoms with Gasteiger partial charge in [-0.25, -0.2) is 4.98 Å². The standard InChI is InChI=1S/C22H18N2O3S/c1-14-21(28-22(24-14)17-5-3-4-6-20(17)26-2)18(25)13-23-12-15-7-8-19-16(11-15)9-10-27-19/h3-12H,13H2,1-2H3. The van der Waals surface area contributed by atoms with Crippen molar-refractivity contribution in [3.63, 3.8) is 0 Å². The number of fused-ring (bicyclic) bond motifs is 1. The summed E-state index contributed by atoms with van der Waals surface area (Å²) in [4.78, 5) is 22.1. The molecule has 0 atom stereocenters. The molecule has 0 amide bonds. The van der Waals surface area contributed by atoms with Gasteiger partial charge in [0.1, 0.15) is 22.9 Å². The lowest BCUT2D eigenvalue weighted by Gasteiger charge is -2.04. The number of nitrogens with zero attached hydrogens (tertiary/aromatic N) is 2. The Bertz CT molecular complexity index is 1170. The van der Waals surface area contributed by atoms with Crippen molar-refractivity contribution in [3.8, 4) is 16.3 Å². The number of carbonyl (C=O) groups excluding carboxylic acids is 1. The van der Waals surface area contributed by atoms with E-state index >= 15 is 0 Å². The summed E-state index contributed by atoms with van der Waals surface area (Å²) < 4.78 is 10.7. The van der Waals surface area contributed by atoms with Crippen LogP contribution < -0.4 is 4.74 Å². The Hall–Kier alpha value is -3.25. The number of para-hydroxylation sites is 1. The number of ether oxygens (including phenoxy) is 1. The van der Waals surface area contributed by atoms with Crippen LogP contribution in [0.15, 0.2) is 64.2 Å². The van der Waals surface area contributed by atoms with Crippen LogP contribution in [0.3, 0.4) is 0 Å². The number of aliphatic imine (C=N–C) groups is 1. The van der Waals surface area contributed by atoms with Gasteiger partial charge in [0.15, 0.2) is 5.78 Å². The summed E-state index contributed by atoms with van der Waals surface area (Å²) in [6, 6.07) is 15.3. The highest BCUT2D eigenvalue weighted by atomic mass is 32.1. The van der Waals surface area contributed by atoms with Gasteiger partial charge >= 0.3 is 0 Å². The maximum absolute atomic E-state index is 12.6. The number of carbonyl (C=O) groups is 1. The van der Waals surface area contributed by atoms with Crippen LogP contribution in [0.2, 0.25) is 0 Å². The molecule has 4 aromatic rings. The summed E-state index contributed by atoms with van der Waals surface area (Å²) in [7, 11) is 1.63. The van der Waals surface area contributed by atoms with Gasteiger partial charge in [0.2, 0.25) is 0 Å². The normalized spacial score (nSPS) is 11.4. The molecule has 0 fully saturated rings. The van der Waals surface area contributed by atoms with Gasteiger partial charge in [-0.1, -0.05) is 12.1 Å². The highest BCUT2D eigenvalue weighted by molar-refractivity contribution is 7.17. The first kappa shape index (κ1) is 18.1. The van der Waals surface area contributed by atoms with E-state index in [-0.39, 0.29) is 12.3 Å². The minimum atomic E-state index is -0.0446. The van der Waals surface area contributed by atoms with Crippen molar-refractivity contribution in [2.24, 2.45) is 4.99 Å². The Balaban J connectivity index is 1.51. The summed E-state index contributed by atoms with van der Waals surface area (Å²) in [5.74, 6) is 0.694. The number of furan rings is 1. The average Bonchev–Trinajstić information content (AvgIpc) is 3.33. The Kier molecular flexibility index (Phi) is 5.04. The van der Waals surface area contributed by atoms with E-state index in [0.29, 0.717) is 10.6 Å². The van der Waals surface area contributed by atoms with Gasteiger partial charge < -0.3 is 9.15 Å². The topological polar surface area (TPSA) is 64.7 Å². The second kappa shape index (κ2) is 7.78. The first-order valence-electron chi connectivity index (χ1n) is 8.77. The van der Waals surface area contributed by atoms with Gasteiger partial charge in [0.05, 0.1) is 29.5 Å². The highest BCUT2D eigenvalue weighted by Crippen LogP contribution is 2.34. The zero-order valence-corrected chi connectivity index (χ0v) is 16.3. The molecule has 5 nitrogen and oxygen atoms in total. The van der Waals surface area contributed by atoms with E-state index in [1.165, 1.54) is 11.3 Å². The number of hydrogen-bond acceptors (Lipinski definition) is 6. The molecule has 28 heavy (non-hydrogen) atoms. The number of benzene rings is 2. The highest BCUT2D eigenvalue weighted by Gasteiger charge is 2.17. The number of aromatic nitrogens is 1. The largest absolute Gasteiger partial charge is 0.496 e. The molecule has 0 spiro atoms. The molecular formula is C22H18N2O3S. The minimum absolute atomic E-state index is 0.0446. The van der Waals surface area contributed by atoms with Crippen LogP contribution in [0, 0.1) is 6.92 Å². The molecule has 0 N–H and O–H groups in total. The summed E-state index contributed by atoms with van der Waals surface area (Å²) >= 11 is 1.37. The van der Waals surface area contributed by atoms with Crippen molar-refractivity contribution >= 4 is 34.3 Å². The lowest BCUT2D eigenvalue weighted by Crippen LogP contribution is -2.03. The summed E-state index contributed by atoms with van der Waals surface area (Å²) in [6.07, 6.45) is 3.36. The summed E-state index contributed by atoms with van der Waals surface area (Å²) in [5.41, 5.74) is 3.36. The predicted molar refractivity (Wildman–Crippen MR) is 112 cm³/mol. The number of thiazole rings is 1. The maximum Gasteiger partial charge on any atom is 0.196 e. The zero-order chi connectivity index (χ0) is 19.5. The molecule has 0 aliphatic carbocycles. The van der Waals surface area contributed by atoms with E-state index in [0.717, 1.165) is 32.9 Å². The number of hydrogen-bond donors (Lipinski definition) is 0. The average molecular weight is 390 g/mol. The molecule has 0 radical (unpaired) electrons. The lowest BCUT2D eigenvalue weighted by atomic mass is 10.2. The van der Waals surface area contributed by atoms with Crippen molar-refractivity contribution in [3.05, 3.63) is 70.9 Å². The molecule has 0 bridgehead atoms. The predicted octanol–water partition coefficient (Wildman–Crippen LogP) is 5.18. The number of methoxy groups -OCH3 is 1. The van der Waals surface area contributed by atoms with Crippen LogP contribution in [-0.2, 0) is 0 Å². The van der Waals surface area contributed by atoms with Gasteiger partial charge in [-0.15, -0.1) is 11.3 Å². The fourth-order valence-corrected chi connectivity index (χ4v) is 3.99. The minimum Gasteiger partial charge on any atom is -0.496 e. The van der Waals surface area contributed by atoms with Gasteiger partial charge in [-0.05, 0) is 48.9 Å². The maximum atomic E-state index is 12.6. The van der Waals surface area contributed by atoms with E-state index in [9.17, 15) is 4.79 Å². The first-order chi connectivity index (χ1) is 13.7. The summed E-state index contributed by atoms with van der Waals surface area (Å²) in [6.45, 7) is 1.93. The Labute approximate surface area is 166 Å². The van der Waals surface area contributed by atoms with Crippen molar-refractivity contribution in [2.45, 2.75) is 6.92 Å². The van der Waals surface area contributed by atoms with Crippen LogP contribution in [0.5, 0.6) is 5.75 Å². The molecule has 140 valence electrons. The van der Waals surface area contributed by atoms with Crippen molar-refractivity contribution in [2.75, 3.05) is 13.7 Å². The van der Waals surface area contributed by atoms with E-state index in [1.807, 2.05) is 55.5 Å². The Morgan fingerprint density at radius 1 is 1.25 bits per heavy atom. The third-order valence-corrected chi connectivity index (χ3v) is 5.57. The fraction of sp³-hybridized carbons (Fsp3) is 0.136. The number of rotatable bonds is 6. The fourth-order valence-electron chi connectivity index (χ4n) is 2.96. The second-order valence-electron chi connectivity index (χ2n) is 6.24. The Morgan fingerprint density at radius 2 is 2.11 bits per heavy atom. The molecule has 6 heteroatoms. The molecule has 2 heterocycles. The SMILES string of the molecule is COc1ccccc1-c1nc(C)c(C(=O)CN=Cc2ccc3occc3c2)s1. The molecule has 0 aliphatic heterocycles. The molecular weight excluding hydrogens is 372 g/mol. The third-order valence-electron chi connectivity index (χ3n) is 4.34. The first-order valence-corrected chi connectivity index (χ1v) is 9.58. The van der Waals surface area contributed by atoms with Gasteiger partial charge in [-0.2, -0.15) is 0 Å². The van der Waals surface area contributed by atoms with Crippen molar-refractivity contribution in [1.29, 1.82) is 0 Å². The van der Waals surface area contributed by atoms with Crippen LogP contribution >= 0.6 is 11.3 Å². The van der Waals surface area contributed by atoms with E-state index in [2.05, 4.69) is 9.98 Å². The van der Waals surface area contributed by atoms with Gasteiger partial charge in [0, 0.05) is 11.6 Å². The molecule has 0 saturated heterocycles. The zero-order valence-electron chi connectivity index (χ0n) is 15.5. The molecule has 0 aliphatic rings. The van der Waals surface area contributed by atoms with E-state index in [4.69, 9.17) is 9.15 Å². The third kappa shape index (κ3) is 3.59. The lowest BCUT2D eigenvalue weighted by molar-refractivity contribution is 0.100. The monoisotopic (exact) mass is 390 g/mol. The van der Waals surface area contributed by atoms with Crippen LogP contribution in [0.25, 0.3) is 21.5 Å². The van der Waals surface area contributed by atoms with Crippen molar-refractivity contribution < 1.29 is 13.9 Å². The summed E-state index contributed by atoms with van der Waals surface area (Å²) in [5, 5.41) is 1.78. The van der Waals surface area contributed by atoms with E-state index < -0.39 is 0 Å². The smallest absolute Gasteiger partial charge is 0.196 e. The second-order valence-corrected chi connectivity index (χ2v) is 7.24. The molecule has 2 aromatic carbocycles. The van der Waals surface area contributed by atoms with Crippen LogP contribution in [0.4, 0.5) is 0 Å². The van der Waals surface area contributed by atoms with E-state index in [1.54, 1.807) is 19.6 Å².